The van der Waals surface area contributed by atoms with Gasteiger partial charge in [0, 0.05) is 24.7 Å². The van der Waals surface area contributed by atoms with Gasteiger partial charge in [0.05, 0.1) is 0 Å². The second-order valence-corrected chi connectivity index (χ2v) is 6.18. The summed E-state index contributed by atoms with van der Waals surface area (Å²) in [5.41, 5.74) is 9.38. The summed E-state index contributed by atoms with van der Waals surface area (Å²) in [6, 6.07) is 6.06. The van der Waals surface area contributed by atoms with Crippen molar-refractivity contribution in [2.75, 3.05) is 12.3 Å². The molecule has 1 fully saturated rings. The van der Waals surface area contributed by atoms with Crippen LogP contribution >= 0.6 is 0 Å². The highest BCUT2D eigenvalue weighted by molar-refractivity contribution is 5.79. The molecule has 1 saturated carbocycles. The van der Waals surface area contributed by atoms with E-state index >= 15 is 0 Å². The summed E-state index contributed by atoms with van der Waals surface area (Å²) in [5.74, 6) is 0.639. The first-order valence-corrected chi connectivity index (χ1v) is 7.91. The Labute approximate surface area is 121 Å². The number of carbonyl (C=O) groups excluding carboxylic acids is 1. The zero-order valence-corrected chi connectivity index (χ0v) is 12.1. The molecule has 0 bridgehead atoms. The molecule has 1 aliphatic heterocycles. The number of hydrogen-bond donors (Lipinski definition) is 1. The highest BCUT2D eigenvalue weighted by atomic mass is 16.2. The van der Waals surface area contributed by atoms with Crippen molar-refractivity contribution in [3.63, 3.8) is 0 Å². The van der Waals surface area contributed by atoms with Crippen molar-refractivity contribution in [2.45, 2.75) is 51.5 Å². The monoisotopic (exact) mass is 272 g/mol. The van der Waals surface area contributed by atoms with Gasteiger partial charge in [-0.2, -0.15) is 0 Å². The van der Waals surface area contributed by atoms with E-state index in [-0.39, 0.29) is 5.92 Å². The summed E-state index contributed by atoms with van der Waals surface area (Å²) in [7, 11) is 0. The van der Waals surface area contributed by atoms with E-state index in [9.17, 15) is 4.79 Å². The summed E-state index contributed by atoms with van der Waals surface area (Å²) in [5, 5.41) is 0. The second kappa shape index (κ2) is 5.86. The first-order chi connectivity index (χ1) is 9.75. The molecule has 2 aliphatic rings. The van der Waals surface area contributed by atoms with Crippen LogP contribution in [0.5, 0.6) is 0 Å². The van der Waals surface area contributed by atoms with Crippen molar-refractivity contribution in [1.82, 2.24) is 4.90 Å². The molecule has 108 valence electrons. The maximum Gasteiger partial charge on any atom is 0.225 e. The molecule has 1 aromatic rings. The van der Waals surface area contributed by atoms with Gasteiger partial charge in [0.15, 0.2) is 0 Å². The summed E-state index contributed by atoms with van der Waals surface area (Å²) in [4.78, 5) is 14.7. The average Bonchev–Trinajstić information content (AvgIpc) is 2.75. The van der Waals surface area contributed by atoms with Gasteiger partial charge in [-0.05, 0) is 36.5 Å². The minimum absolute atomic E-state index is 0.264. The molecule has 20 heavy (non-hydrogen) atoms. The Balaban J connectivity index is 1.71. The van der Waals surface area contributed by atoms with Gasteiger partial charge in [-0.1, -0.05) is 37.8 Å². The van der Waals surface area contributed by atoms with Crippen LogP contribution in [0.2, 0.25) is 0 Å². The maximum absolute atomic E-state index is 12.7. The van der Waals surface area contributed by atoms with Gasteiger partial charge in [-0.25, -0.2) is 0 Å². The highest BCUT2D eigenvalue weighted by Gasteiger charge is 2.28. The maximum atomic E-state index is 12.7. The average molecular weight is 272 g/mol. The van der Waals surface area contributed by atoms with E-state index in [1.54, 1.807) is 0 Å². The fraction of sp³-hybridized carbons (Fsp3) is 0.588. The Hall–Kier alpha value is -1.51. The topological polar surface area (TPSA) is 46.3 Å². The SMILES string of the molecule is Nc1cccc2c1CCN(C(=O)C1CCCCCC1)C2. The summed E-state index contributed by atoms with van der Waals surface area (Å²) in [6.07, 6.45) is 8.09. The van der Waals surface area contributed by atoms with Gasteiger partial charge in [0.2, 0.25) is 5.91 Å². The molecule has 0 aromatic heterocycles. The Morgan fingerprint density at radius 3 is 2.65 bits per heavy atom. The van der Waals surface area contributed by atoms with Crippen molar-refractivity contribution in [2.24, 2.45) is 5.92 Å². The molecule has 0 radical (unpaired) electrons. The number of anilines is 1. The number of carbonyl (C=O) groups is 1. The normalized spacial score (nSPS) is 20.3. The molecule has 3 nitrogen and oxygen atoms in total. The van der Waals surface area contributed by atoms with Crippen LogP contribution < -0.4 is 5.73 Å². The molecule has 1 aliphatic carbocycles. The molecule has 0 atom stereocenters. The summed E-state index contributed by atoms with van der Waals surface area (Å²) in [6.45, 7) is 1.58. The molecule has 1 aromatic carbocycles. The molecule has 1 heterocycles. The van der Waals surface area contributed by atoms with Crippen molar-refractivity contribution in [3.05, 3.63) is 29.3 Å². The van der Waals surface area contributed by atoms with E-state index in [1.165, 1.54) is 36.8 Å². The Morgan fingerprint density at radius 2 is 1.90 bits per heavy atom. The van der Waals surface area contributed by atoms with Crippen LogP contribution in [0, 0.1) is 5.92 Å². The first kappa shape index (κ1) is 13.5. The van der Waals surface area contributed by atoms with Gasteiger partial charge in [0.1, 0.15) is 0 Å². The van der Waals surface area contributed by atoms with Gasteiger partial charge >= 0.3 is 0 Å². The second-order valence-electron chi connectivity index (χ2n) is 6.18. The van der Waals surface area contributed by atoms with Crippen LogP contribution in [0.1, 0.15) is 49.7 Å². The fourth-order valence-electron chi connectivity index (χ4n) is 3.61. The molecular weight excluding hydrogens is 248 g/mol. The zero-order valence-electron chi connectivity index (χ0n) is 12.1. The standard InChI is InChI=1S/C17H24N2O/c18-16-9-5-8-14-12-19(11-10-15(14)16)17(20)13-6-3-1-2-4-7-13/h5,8-9,13H,1-4,6-7,10-12,18H2. The minimum atomic E-state index is 0.264. The fourth-order valence-corrected chi connectivity index (χ4v) is 3.61. The van der Waals surface area contributed by atoms with E-state index in [1.807, 2.05) is 12.1 Å². The smallest absolute Gasteiger partial charge is 0.225 e. The van der Waals surface area contributed by atoms with Crippen LogP contribution in [0.25, 0.3) is 0 Å². The van der Waals surface area contributed by atoms with E-state index in [0.29, 0.717) is 5.91 Å². The van der Waals surface area contributed by atoms with Gasteiger partial charge in [-0.3, -0.25) is 4.79 Å². The van der Waals surface area contributed by atoms with Crippen molar-refractivity contribution in [3.8, 4) is 0 Å². The number of amides is 1. The quantitative estimate of drug-likeness (QED) is 0.630. The third-order valence-corrected chi connectivity index (χ3v) is 4.82. The van der Waals surface area contributed by atoms with E-state index in [0.717, 1.165) is 38.0 Å². The number of nitrogens with zero attached hydrogens (tertiary/aromatic N) is 1. The van der Waals surface area contributed by atoms with E-state index in [4.69, 9.17) is 5.73 Å². The number of rotatable bonds is 1. The van der Waals surface area contributed by atoms with Gasteiger partial charge in [-0.15, -0.1) is 0 Å². The lowest BCUT2D eigenvalue weighted by Gasteiger charge is -2.32. The minimum Gasteiger partial charge on any atom is -0.398 e. The Kier molecular flexibility index (Phi) is 3.95. The molecule has 3 heteroatoms. The van der Waals surface area contributed by atoms with Gasteiger partial charge in [0.25, 0.3) is 0 Å². The number of nitrogens with two attached hydrogens (primary N) is 1. The molecule has 0 saturated heterocycles. The predicted octanol–water partition coefficient (Wildman–Crippen LogP) is 3.12. The zero-order chi connectivity index (χ0) is 13.9. The number of fused-ring (bicyclic) bond motifs is 1. The Bertz CT molecular complexity index is 490. The van der Waals surface area contributed by atoms with E-state index in [2.05, 4.69) is 11.0 Å². The molecule has 2 N–H and O–H groups in total. The Morgan fingerprint density at radius 1 is 1.15 bits per heavy atom. The first-order valence-electron chi connectivity index (χ1n) is 7.91. The summed E-state index contributed by atoms with van der Waals surface area (Å²) >= 11 is 0. The van der Waals surface area contributed by atoms with E-state index < -0.39 is 0 Å². The van der Waals surface area contributed by atoms with Crippen LogP contribution in [-0.2, 0) is 17.8 Å². The third kappa shape index (κ3) is 2.67. The molecule has 3 rings (SSSR count). The van der Waals surface area contributed by atoms with Crippen LogP contribution in [0.3, 0.4) is 0 Å². The summed E-state index contributed by atoms with van der Waals surface area (Å²) < 4.78 is 0. The lowest BCUT2D eigenvalue weighted by atomic mass is 9.94. The van der Waals surface area contributed by atoms with Crippen LogP contribution in [0.4, 0.5) is 5.69 Å². The molecule has 0 spiro atoms. The van der Waals surface area contributed by atoms with Crippen LogP contribution in [0.15, 0.2) is 18.2 Å². The highest BCUT2D eigenvalue weighted by Crippen LogP contribution is 2.28. The number of nitrogen functional groups attached to an aromatic ring is 1. The number of benzene rings is 1. The lowest BCUT2D eigenvalue weighted by molar-refractivity contribution is -0.136. The molecule has 0 unspecified atom stereocenters. The predicted molar refractivity (Wildman–Crippen MR) is 81.2 cm³/mol. The largest absolute Gasteiger partial charge is 0.398 e. The van der Waals surface area contributed by atoms with Gasteiger partial charge < -0.3 is 10.6 Å². The van der Waals surface area contributed by atoms with Crippen molar-refractivity contribution < 1.29 is 4.79 Å². The molecule has 1 amide bonds. The van der Waals surface area contributed by atoms with Crippen molar-refractivity contribution >= 4 is 11.6 Å². The third-order valence-electron chi connectivity index (χ3n) is 4.82. The van der Waals surface area contributed by atoms with Crippen molar-refractivity contribution in [1.29, 1.82) is 0 Å². The lowest BCUT2D eigenvalue weighted by Crippen LogP contribution is -2.39. The molecular formula is C17H24N2O. The van der Waals surface area contributed by atoms with Crippen LogP contribution in [-0.4, -0.2) is 17.4 Å². The number of hydrogen-bond acceptors (Lipinski definition) is 2.